The Morgan fingerprint density at radius 2 is 1.30 bits per heavy atom. The van der Waals surface area contributed by atoms with Crippen LogP contribution in [0.1, 0.15) is 0 Å². The Bertz CT molecular complexity index is 119. The van der Waals surface area contributed by atoms with Crippen molar-refractivity contribution in [1.29, 1.82) is 0 Å². The zero-order chi connectivity index (χ0) is 7.98. The van der Waals surface area contributed by atoms with Gasteiger partial charge in [0.2, 0.25) is 0 Å². The van der Waals surface area contributed by atoms with Crippen LogP contribution in [-0.2, 0) is 0 Å². The molecule has 58 valence electrons. The Balaban J connectivity index is 3.06. The van der Waals surface area contributed by atoms with Crippen molar-refractivity contribution in [2.75, 3.05) is 0 Å². The number of hydrogen-bond acceptors (Lipinski definition) is 4. The molecular weight excluding hydrogens is 208 g/mol. The molecule has 0 bridgehead atoms. The molecule has 0 saturated carbocycles. The van der Waals surface area contributed by atoms with Crippen LogP contribution >= 0.6 is 46.4 Å². The first-order valence-electron chi connectivity index (χ1n) is 2.06. The molecule has 0 heterocycles. The third-order valence-electron chi connectivity index (χ3n) is 0.326. The number of hydrogen-bond donors (Lipinski definition) is 4. The number of thiocarbonyl (C=S) groups is 2. The van der Waals surface area contributed by atoms with Gasteiger partial charge in [0, 0.05) is 22.0 Å². The fourth-order valence-electron chi connectivity index (χ4n) is 0.124. The summed E-state index contributed by atoms with van der Waals surface area (Å²) in [6, 6.07) is 0. The van der Waals surface area contributed by atoms with E-state index in [0.717, 1.165) is 0 Å². The van der Waals surface area contributed by atoms with Gasteiger partial charge < -0.3 is 11.5 Å². The van der Waals surface area contributed by atoms with Gasteiger partial charge in [0.1, 0.15) is 0 Å². The summed E-state index contributed by atoms with van der Waals surface area (Å²) in [4.78, 5) is 0. The smallest absolute Gasteiger partial charge is 0.174 e. The van der Waals surface area contributed by atoms with Crippen molar-refractivity contribution in [3.8, 4) is 0 Å². The van der Waals surface area contributed by atoms with Crippen molar-refractivity contribution in [2.45, 2.75) is 0 Å². The number of nitrogens with two attached hydrogens (primary N) is 2. The summed E-state index contributed by atoms with van der Waals surface area (Å²) in [5.41, 5.74) is 10.2. The van der Waals surface area contributed by atoms with E-state index in [4.69, 9.17) is 11.5 Å². The van der Waals surface area contributed by atoms with Crippen LogP contribution in [0, 0.1) is 0 Å². The molecule has 0 atom stereocenters. The molecule has 10 heavy (non-hydrogen) atoms. The Kier molecular flexibility index (Phi) is 5.88. The van der Waals surface area contributed by atoms with Crippen molar-refractivity contribution < 1.29 is 0 Å². The summed E-state index contributed by atoms with van der Waals surface area (Å²) in [5, 5.41) is 0.449. The van der Waals surface area contributed by atoms with Crippen LogP contribution < -0.4 is 20.9 Å². The van der Waals surface area contributed by atoms with Gasteiger partial charge in [0.05, 0.1) is 0 Å². The molecule has 0 aromatic carbocycles. The summed E-state index contributed by atoms with van der Waals surface area (Å²) in [6.07, 6.45) is 0. The Morgan fingerprint density at radius 3 is 1.50 bits per heavy atom. The summed E-state index contributed by atoms with van der Waals surface area (Å²) in [6.45, 7) is 0. The van der Waals surface area contributed by atoms with E-state index in [0.29, 0.717) is 0 Å². The average molecular weight is 214 g/mol. The normalized spacial score (nSPS) is 8.40. The lowest BCUT2D eigenvalue weighted by atomic mass is 11.3. The van der Waals surface area contributed by atoms with Gasteiger partial charge in [-0.25, -0.2) is 0 Å². The first kappa shape index (κ1) is 10.1. The molecule has 0 radical (unpaired) electrons. The van der Waals surface area contributed by atoms with E-state index < -0.39 is 0 Å². The summed E-state index contributed by atoms with van der Waals surface area (Å²) in [5.74, 6) is 0. The predicted molar refractivity (Wildman–Crippen MR) is 55.0 cm³/mol. The van der Waals surface area contributed by atoms with E-state index in [-0.39, 0.29) is 10.2 Å². The molecule has 0 aromatic heterocycles. The average Bonchev–Trinajstić information content (AvgIpc) is 1.79. The van der Waals surface area contributed by atoms with Gasteiger partial charge in [-0.2, -0.15) is 0 Å². The lowest BCUT2D eigenvalue weighted by Gasteiger charge is -2.01. The highest BCUT2D eigenvalue weighted by Gasteiger charge is 1.89. The fourth-order valence-corrected chi connectivity index (χ4v) is 1.73. The molecule has 0 aliphatic carbocycles. The minimum atomic E-state index is 0.224. The molecule has 0 rings (SSSR count). The van der Waals surface area contributed by atoms with Gasteiger partial charge in [-0.15, -0.1) is 0 Å². The third-order valence-corrected chi connectivity index (χ3v) is 2.23. The molecule has 0 aliphatic rings. The molecule has 6 N–H and O–H groups in total. The van der Waals surface area contributed by atoms with Gasteiger partial charge in [-0.05, 0) is 24.4 Å². The second kappa shape index (κ2) is 5.83. The molecule has 0 aliphatic heterocycles. The highest BCUT2D eigenvalue weighted by Crippen LogP contribution is 2.10. The maximum atomic E-state index is 5.10. The van der Waals surface area contributed by atoms with E-state index in [1.54, 1.807) is 0 Å². The largest absolute Gasteiger partial charge is 0.376 e. The van der Waals surface area contributed by atoms with E-state index in [9.17, 15) is 0 Å². The van der Waals surface area contributed by atoms with E-state index in [1.807, 2.05) is 0 Å². The lowest BCUT2D eigenvalue weighted by molar-refractivity contribution is 1.50. The van der Waals surface area contributed by atoms with Crippen molar-refractivity contribution in [3.63, 3.8) is 0 Å². The van der Waals surface area contributed by atoms with E-state index in [2.05, 4.69) is 33.9 Å². The maximum Gasteiger partial charge on any atom is 0.174 e. The van der Waals surface area contributed by atoms with Crippen LogP contribution in [-0.4, -0.2) is 10.2 Å². The predicted octanol–water partition coefficient (Wildman–Crippen LogP) is -0.136. The fraction of sp³-hybridized carbons (Fsp3) is 0. The monoisotopic (exact) mass is 214 g/mol. The zero-order valence-corrected chi connectivity index (χ0v) is 8.05. The highest BCUT2D eigenvalue weighted by atomic mass is 33.1. The molecule has 0 saturated heterocycles. The van der Waals surface area contributed by atoms with E-state index >= 15 is 0 Å². The minimum Gasteiger partial charge on any atom is -0.376 e. The number of nitrogens with one attached hydrogen (secondary N) is 2. The Hall–Kier alpha value is 0.0800. The van der Waals surface area contributed by atoms with Crippen LogP contribution in [0.4, 0.5) is 0 Å². The molecule has 0 spiro atoms. The number of rotatable bonds is 3. The van der Waals surface area contributed by atoms with E-state index in [1.165, 1.54) is 22.0 Å². The molecular formula is C2H6N4S4. The first-order chi connectivity index (χ1) is 4.63. The van der Waals surface area contributed by atoms with Crippen LogP contribution in [0.3, 0.4) is 0 Å². The van der Waals surface area contributed by atoms with Crippen LogP contribution in [0.25, 0.3) is 0 Å². The second-order valence-corrected chi connectivity index (χ2v) is 3.72. The van der Waals surface area contributed by atoms with Crippen molar-refractivity contribution >= 4 is 56.6 Å². The topological polar surface area (TPSA) is 76.1 Å². The van der Waals surface area contributed by atoms with Crippen LogP contribution in [0.15, 0.2) is 0 Å². The van der Waals surface area contributed by atoms with Gasteiger partial charge in [0.25, 0.3) is 0 Å². The van der Waals surface area contributed by atoms with Crippen molar-refractivity contribution in [3.05, 3.63) is 0 Å². The maximum absolute atomic E-state index is 5.10. The molecule has 8 heteroatoms. The summed E-state index contributed by atoms with van der Waals surface area (Å²) >= 11 is 9.03. The van der Waals surface area contributed by atoms with Crippen LogP contribution in [0.2, 0.25) is 0 Å². The quantitative estimate of drug-likeness (QED) is 0.224. The minimum absolute atomic E-state index is 0.224. The second-order valence-electron chi connectivity index (χ2n) is 1.10. The Morgan fingerprint density at radius 1 is 1.00 bits per heavy atom. The molecule has 0 amide bonds. The molecule has 0 aromatic rings. The van der Waals surface area contributed by atoms with Gasteiger partial charge >= 0.3 is 0 Å². The standard InChI is InChI=1S/C2H6N4S4/c3-1(7)5-9-10-6-2(4)8/h(H3,3,5,7)(H3,4,6,8). The van der Waals surface area contributed by atoms with Crippen molar-refractivity contribution in [1.82, 2.24) is 9.44 Å². The lowest BCUT2D eigenvalue weighted by Crippen LogP contribution is -2.25. The van der Waals surface area contributed by atoms with Gasteiger partial charge in [-0.1, -0.05) is 0 Å². The Labute approximate surface area is 77.5 Å². The SMILES string of the molecule is NC(=S)NSSNC(N)=S. The zero-order valence-electron chi connectivity index (χ0n) is 4.79. The van der Waals surface area contributed by atoms with Crippen molar-refractivity contribution in [2.24, 2.45) is 11.5 Å². The molecule has 0 unspecified atom stereocenters. The molecule has 4 nitrogen and oxygen atoms in total. The van der Waals surface area contributed by atoms with Crippen LogP contribution in [0.5, 0.6) is 0 Å². The summed E-state index contributed by atoms with van der Waals surface area (Å²) < 4.78 is 5.22. The highest BCUT2D eigenvalue weighted by molar-refractivity contribution is 8.75. The van der Waals surface area contributed by atoms with Gasteiger partial charge in [-0.3, -0.25) is 9.44 Å². The third kappa shape index (κ3) is 8.08. The summed E-state index contributed by atoms with van der Waals surface area (Å²) in [7, 11) is 2.42. The van der Waals surface area contributed by atoms with Gasteiger partial charge in [0.15, 0.2) is 10.2 Å². The molecule has 0 fully saturated rings. The first-order valence-corrected chi connectivity index (χ1v) is 5.03.